The number of carboxylic acids is 1. The van der Waals surface area contributed by atoms with Crippen LogP contribution in [-0.4, -0.2) is 22.9 Å². The van der Waals surface area contributed by atoms with E-state index in [1.54, 1.807) is 6.07 Å². The van der Waals surface area contributed by atoms with Crippen molar-refractivity contribution in [2.24, 2.45) is 4.99 Å². The van der Waals surface area contributed by atoms with Gasteiger partial charge in [-0.05, 0) is 0 Å². The Morgan fingerprint density at radius 1 is 1.64 bits per heavy atom. The average Bonchev–Trinajstić information content (AvgIpc) is 2.46. The summed E-state index contributed by atoms with van der Waals surface area (Å²) in [5.74, 6) is -2.34. The summed E-state index contributed by atoms with van der Waals surface area (Å²) in [5.41, 5.74) is -0.0301. The maximum atomic E-state index is 10.6. The Kier molecular flexibility index (Phi) is 2.62. The lowest BCUT2D eigenvalue weighted by Crippen LogP contribution is -2.05. The Labute approximate surface area is 79.1 Å². The van der Waals surface area contributed by atoms with Crippen LogP contribution in [0.5, 0.6) is 0 Å². The predicted octanol–water partition coefficient (Wildman–Crippen LogP) is 0.214. The zero-order valence-electron chi connectivity index (χ0n) is 7.27. The fourth-order valence-corrected chi connectivity index (χ4v) is 0.948. The van der Waals surface area contributed by atoms with Crippen molar-refractivity contribution in [3.63, 3.8) is 0 Å². The molecule has 0 aromatic heterocycles. The monoisotopic (exact) mass is 194 g/mol. The summed E-state index contributed by atoms with van der Waals surface area (Å²) < 4.78 is 4.72. The van der Waals surface area contributed by atoms with Crippen molar-refractivity contribution in [2.45, 2.75) is 13.3 Å². The zero-order valence-corrected chi connectivity index (χ0v) is 7.27. The maximum Gasteiger partial charge on any atom is 0.372 e. The van der Waals surface area contributed by atoms with Gasteiger partial charge in [0.15, 0.2) is 0 Å². The number of carboxylic acid groups (broad SMARTS) is 1. The average molecular weight is 194 g/mol. The molecule has 1 heterocycles. The molecule has 0 radical (unpaired) electrons. The van der Waals surface area contributed by atoms with Gasteiger partial charge in [-0.3, -0.25) is 4.79 Å². The molecule has 1 rings (SSSR count). The third kappa shape index (κ3) is 1.95. The molecule has 0 fully saturated rings. The van der Waals surface area contributed by atoms with Gasteiger partial charge in [-0.25, -0.2) is 4.79 Å². The van der Waals surface area contributed by atoms with Gasteiger partial charge in [0.25, 0.3) is 0 Å². The predicted molar refractivity (Wildman–Crippen MR) is 44.1 cm³/mol. The number of ether oxygens (including phenoxy) is 1. The van der Waals surface area contributed by atoms with Gasteiger partial charge in [0, 0.05) is 6.92 Å². The first kappa shape index (κ1) is 9.92. The van der Waals surface area contributed by atoms with Crippen molar-refractivity contribution >= 4 is 17.8 Å². The Morgan fingerprint density at radius 3 is 2.64 bits per heavy atom. The minimum absolute atomic E-state index is 0.0301. The fraction of sp³-hybridized carbons (Fsp3) is 0.250. The van der Waals surface area contributed by atoms with Crippen LogP contribution in [0.3, 0.4) is 0 Å². The van der Waals surface area contributed by atoms with Gasteiger partial charge in [-0.1, -0.05) is 0 Å². The van der Waals surface area contributed by atoms with Crippen molar-refractivity contribution in [3.8, 4) is 6.07 Å². The van der Waals surface area contributed by atoms with Crippen LogP contribution in [0.4, 0.5) is 0 Å². The number of rotatable bonds is 1. The maximum absolute atomic E-state index is 10.6. The van der Waals surface area contributed by atoms with E-state index in [1.807, 2.05) is 0 Å². The number of nitrogens with zero attached hydrogens (tertiary/aromatic N) is 2. The smallest absolute Gasteiger partial charge is 0.372 e. The lowest BCUT2D eigenvalue weighted by Gasteiger charge is -1.96. The van der Waals surface area contributed by atoms with E-state index in [4.69, 9.17) is 15.1 Å². The first-order valence-electron chi connectivity index (χ1n) is 3.67. The Hall–Kier alpha value is -2.16. The SMILES string of the molecule is CC(=O)N=C1CC(C#N)=C(C(=O)O)O1. The second-order valence-electron chi connectivity index (χ2n) is 2.53. The van der Waals surface area contributed by atoms with E-state index in [1.165, 1.54) is 6.92 Å². The summed E-state index contributed by atoms with van der Waals surface area (Å²) in [7, 11) is 0. The van der Waals surface area contributed by atoms with Gasteiger partial charge in [-0.15, -0.1) is 0 Å². The Bertz CT molecular complexity index is 400. The van der Waals surface area contributed by atoms with E-state index in [-0.39, 0.29) is 17.9 Å². The van der Waals surface area contributed by atoms with Crippen LogP contribution in [-0.2, 0) is 14.3 Å². The summed E-state index contributed by atoms with van der Waals surface area (Å²) in [6.07, 6.45) is -0.0439. The van der Waals surface area contributed by atoms with E-state index in [0.717, 1.165) is 0 Å². The Morgan fingerprint density at radius 2 is 2.29 bits per heavy atom. The highest BCUT2D eigenvalue weighted by Gasteiger charge is 2.27. The number of hydrogen-bond donors (Lipinski definition) is 1. The minimum atomic E-state index is -1.34. The number of nitriles is 1. The molecule has 72 valence electrons. The van der Waals surface area contributed by atoms with Crippen molar-refractivity contribution in [1.29, 1.82) is 5.26 Å². The number of amides is 1. The molecule has 1 aliphatic heterocycles. The van der Waals surface area contributed by atoms with Crippen LogP contribution in [0.2, 0.25) is 0 Å². The third-order valence-electron chi connectivity index (χ3n) is 1.43. The second-order valence-corrected chi connectivity index (χ2v) is 2.53. The number of carbonyl (C=O) groups is 2. The summed E-state index contributed by atoms with van der Waals surface area (Å²) in [6.45, 7) is 1.21. The summed E-state index contributed by atoms with van der Waals surface area (Å²) in [5, 5.41) is 17.1. The van der Waals surface area contributed by atoms with E-state index in [2.05, 4.69) is 4.99 Å². The fourth-order valence-electron chi connectivity index (χ4n) is 0.948. The van der Waals surface area contributed by atoms with Crippen molar-refractivity contribution in [2.75, 3.05) is 0 Å². The molecule has 1 aliphatic rings. The van der Waals surface area contributed by atoms with E-state index in [0.29, 0.717) is 0 Å². The molecule has 14 heavy (non-hydrogen) atoms. The third-order valence-corrected chi connectivity index (χ3v) is 1.43. The van der Waals surface area contributed by atoms with Gasteiger partial charge in [0.05, 0.1) is 18.1 Å². The molecular weight excluding hydrogens is 188 g/mol. The van der Waals surface area contributed by atoms with Crippen molar-refractivity contribution < 1.29 is 19.4 Å². The van der Waals surface area contributed by atoms with Crippen LogP contribution >= 0.6 is 0 Å². The zero-order chi connectivity index (χ0) is 10.7. The quantitative estimate of drug-likeness (QED) is 0.643. The topological polar surface area (TPSA) is 99.8 Å². The number of aliphatic carboxylic acids is 1. The van der Waals surface area contributed by atoms with Gasteiger partial charge in [-0.2, -0.15) is 10.3 Å². The number of hydrogen-bond acceptors (Lipinski definition) is 4. The molecule has 0 saturated carbocycles. The molecule has 6 heteroatoms. The molecule has 0 bridgehead atoms. The van der Waals surface area contributed by atoms with Crippen molar-refractivity contribution in [3.05, 3.63) is 11.3 Å². The van der Waals surface area contributed by atoms with E-state index >= 15 is 0 Å². The first-order valence-corrected chi connectivity index (χ1v) is 3.67. The normalized spacial score (nSPS) is 17.9. The lowest BCUT2D eigenvalue weighted by atomic mass is 10.2. The lowest BCUT2D eigenvalue weighted by molar-refractivity contribution is -0.135. The second kappa shape index (κ2) is 3.70. The molecular formula is C8H6N2O4. The highest BCUT2D eigenvalue weighted by atomic mass is 16.5. The molecule has 0 atom stereocenters. The summed E-state index contributed by atoms with van der Waals surface area (Å²) in [6, 6.07) is 1.68. The highest BCUT2D eigenvalue weighted by Crippen LogP contribution is 2.20. The molecule has 0 spiro atoms. The van der Waals surface area contributed by atoms with Gasteiger partial charge < -0.3 is 9.84 Å². The molecule has 0 aromatic rings. The standard InChI is InChI=1S/C8H6N2O4/c1-4(11)10-6-2-5(3-9)7(14-6)8(12)13/h2H2,1H3,(H,12,13). The minimum Gasteiger partial charge on any atom is -0.475 e. The molecule has 0 unspecified atom stereocenters. The first-order chi connectivity index (χ1) is 6.54. The van der Waals surface area contributed by atoms with Gasteiger partial charge in [0.2, 0.25) is 17.6 Å². The number of aliphatic imine (C=N–C) groups is 1. The number of carbonyl (C=O) groups excluding carboxylic acids is 1. The van der Waals surface area contributed by atoms with Crippen LogP contribution in [0, 0.1) is 11.3 Å². The summed E-state index contributed by atoms with van der Waals surface area (Å²) in [4.78, 5) is 24.5. The van der Waals surface area contributed by atoms with Gasteiger partial charge in [0.1, 0.15) is 0 Å². The Balaban J connectivity index is 2.93. The van der Waals surface area contributed by atoms with Crippen LogP contribution in [0.1, 0.15) is 13.3 Å². The molecule has 0 aliphatic carbocycles. The van der Waals surface area contributed by atoms with Crippen LogP contribution < -0.4 is 0 Å². The van der Waals surface area contributed by atoms with E-state index < -0.39 is 17.6 Å². The molecule has 0 aromatic carbocycles. The summed E-state index contributed by atoms with van der Waals surface area (Å²) >= 11 is 0. The largest absolute Gasteiger partial charge is 0.475 e. The highest BCUT2D eigenvalue weighted by molar-refractivity contribution is 6.00. The van der Waals surface area contributed by atoms with Crippen LogP contribution in [0.15, 0.2) is 16.3 Å². The molecule has 1 N–H and O–H groups in total. The molecule has 6 nitrogen and oxygen atoms in total. The van der Waals surface area contributed by atoms with Crippen molar-refractivity contribution in [1.82, 2.24) is 0 Å². The van der Waals surface area contributed by atoms with Crippen LogP contribution in [0.25, 0.3) is 0 Å². The molecule has 0 saturated heterocycles. The molecule has 1 amide bonds. The van der Waals surface area contributed by atoms with E-state index in [9.17, 15) is 9.59 Å². The van der Waals surface area contributed by atoms with Gasteiger partial charge >= 0.3 is 5.97 Å².